The van der Waals surface area contributed by atoms with Gasteiger partial charge in [0.2, 0.25) is 0 Å². The standard InChI is InChI=1S/C17H19ClF3N3O2S/c1-10-8-23-15(24(10)6-5-13(25)26-16(2,3)4)27-14-12(18)7-11(9-22-14)17(19,20)21/h7-9H,5-6H2,1-4H3. The van der Waals surface area contributed by atoms with Gasteiger partial charge in [0, 0.05) is 24.6 Å². The maximum atomic E-state index is 12.7. The number of imidazole rings is 1. The van der Waals surface area contributed by atoms with Gasteiger partial charge < -0.3 is 9.30 Å². The van der Waals surface area contributed by atoms with Gasteiger partial charge in [0.1, 0.15) is 10.6 Å². The minimum atomic E-state index is -4.51. The molecule has 0 spiro atoms. The van der Waals surface area contributed by atoms with E-state index in [1.54, 1.807) is 31.5 Å². The van der Waals surface area contributed by atoms with Gasteiger partial charge in [-0.15, -0.1) is 0 Å². The Labute approximate surface area is 164 Å². The Hall–Kier alpha value is -1.74. The largest absolute Gasteiger partial charge is 0.460 e. The normalized spacial score (nSPS) is 12.3. The predicted molar refractivity (Wildman–Crippen MR) is 95.8 cm³/mol. The summed E-state index contributed by atoms with van der Waals surface area (Å²) in [6, 6.07) is 0.831. The van der Waals surface area contributed by atoms with E-state index in [0.717, 1.165) is 29.7 Å². The molecule has 0 atom stereocenters. The number of nitrogens with zero attached hydrogens (tertiary/aromatic N) is 3. The van der Waals surface area contributed by atoms with Crippen molar-refractivity contribution in [2.24, 2.45) is 0 Å². The van der Waals surface area contributed by atoms with Crippen LogP contribution >= 0.6 is 23.4 Å². The summed E-state index contributed by atoms with van der Waals surface area (Å²) in [7, 11) is 0. The predicted octanol–water partition coefficient (Wildman–Crippen LogP) is 5.14. The Kier molecular flexibility index (Phi) is 6.47. The van der Waals surface area contributed by atoms with Crippen LogP contribution in [0.15, 0.2) is 28.6 Å². The van der Waals surface area contributed by atoms with E-state index in [1.165, 1.54) is 0 Å². The molecule has 0 aliphatic carbocycles. The van der Waals surface area contributed by atoms with Gasteiger partial charge in [-0.2, -0.15) is 13.2 Å². The van der Waals surface area contributed by atoms with E-state index in [9.17, 15) is 18.0 Å². The molecule has 0 aromatic carbocycles. The number of carbonyl (C=O) groups is 1. The highest BCUT2D eigenvalue weighted by molar-refractivity contribution is 7.99. The summed E-state index contributed by atoms with van der Waals surface area (Å²) in [6.45, 7) is 7.49. The first-order valence-corrected chi connectivity index (χ1v) is 9.21. The SMILES string of the molecule is Cc1cnc(Sc2ncc(C(F)(F)F)cc2Cl)n1CCC(=O)OC(C)(C)C. The van der Waals surface area contributed by atoms with Gasteiger partial charge in [0.25, 0.3) is 0 Å². The summed E-state index contributed by atoms with van der Waals surface area (Å²) in [5, 5.41) is 0.563. The number of carbonyl (C=O) groups excluding carboxylic acids is 1. The highest BCUT2D eigenvalue weighted by Crippen LogP contribution is 2.36. The third kappa shape index (κ3) is 6.14. The second kappa shape index (κ2) is 8.10. The van der Waals surface area contributed by atoms with Crippen LogP contribution in [-0.2, 0) is 22.3 Å². The molecule has 0 saturated heterocycles. The second-order valence-corrected chi connectivity index (χ2v) is 8.14. The number of halogens is 4. The lowest BCUT2D eigenvalue weighted by atomic mass is 10.2. The van der Waals surface area contributed by atoms with Gasteiger partial charge in [0.15, 0.2) is 5.16 Å². The zero-order valence-electron chi connectivity index (χ0n) is 15.2. The number of aromatic nitrogens is 3. The molecule has 0 aliphatic heterocycles. The first-order chi connectivity index (χ1) is 12.4. The molecule has 2 rings (SSSR count). The number of esters is 1. The molecular weight excluding hydrogens is 403 g/mol. The Morgan fingerprint density at radius 2 is 1.93 bits per heavy atom. The number of hydrogen-bond donors (Lipinski definition) is 0. The fourth-order valence-corrected chi connectivity index (χ4v) is 3.30. The average Bonchev–Trinajstić information content (AvgIpc) is 2.84. The van der Waals surface area contributed by atoms with Gasteiger partial charge in [-0.3, -0.25) is 4.79 Å². The lowest BCUT2D eigenvalue weighted by Crippen LogP contribution is -2.24. The molecule has 10 heteroatoms. The van der Waals surface area contributed by atoms with Crippen molar-refractivity contribution in [2.45, 2.75) is 62.6 Å². The maximum absolute atomic E-state index is 12.7. The molecule has 27 heavy (non-hydrogen) atoms. The van der Waals surface area contributed by atoms with Crippen molar-refractivity contribution in [3.63, 3.8) is 0 Å². The zero-order valence-corrected chi connectivity index (χ0v) is 16.8. The molecule has 0 bridgehead atoms. The molecular formula is C17H19ClF3N3O2S. The lowest BCUT2D eigenvalue weighted by molar-refractivity contribution is -0.155. The topological polar surface area (TPSA) is 57.0 Å². The number of rotatable bonds is 5. The van der Waals surface area contributed by atoms with E-state index in [4.69, 9.17) is 16.3 Å². The van der Waals surface area contributed by atoms with Crippen LogP contribution in [0.4, 0.5) is 13.2 Å². The molecule has 2 aromatic rings. The molecule has 0 radical (unpaired) electrons. The molecule has 0 unspecified atom stereocenters. The van der Waals surface area contributed by atoms with Crippen molar-refractivity contribution in [1.82, 2.24) is 14.5 Å². The van der Waals surface area contributed by atoms with E-state index in [-0.39, 0.29) is 22.4 Å². The number of pyridine rings is 1. The lowest BCUT2D eigenvalue weighted by Gasteiger charge is -2.19. The van der Waals surface area contributed by atoms with Crippen molar-refractivity contribution in [1.29, 1.82) is 0 Å². The van der Waals surface area contributed by atoms with Crippen LogP contribution in [0, 0.1) is 6.92 Å². The van der Waals surface area contributed by atoms with Crippen LogP contribution in [0.3, 0.4) is 0 Å². The Morgan fingerprint density at radius 3 is 2.48 bits per heavy atom. The summed E-state index contributed by atoms with van der Waals surface area (Å²) in [5.41, 5.74) is -0.693. The zero-order chi connectivity index (χ0) is 20.4. The number of alkyl halides is 3. The quantitative estimate of drug-likeness (QED) is 0.625. The summed E-state index contributed by atoms with van der Waals surface area (Å²) in [4.78, 5) is 19.9. The fourth-order valence-electron chi connectivity index (χ4n) is 2.13. The molecule has 2 heterocycles. The minimum absolute atomic E-state index is 0.117. The number of hydrogen-bond acceptors (Lipinski definition) is 5. The highest BCUT2D eigenvalue weighted by atomic mass is 35.5. The highest BCUT2D eigenvalue weighted by Gasteiger charge is 2.31. The van der Waals surface area contributed by atoms with Crippen LogP contribution in [0.2, 0.25) is 5.02 Å². The van der Waals surface area contributed by atoms with Gasteiger partial charge in [-0.1, -0.05) is 11.6 Å². The first-order valence-electron chi connectivity index (χ1n) is 8.01. The van der Waals surface area contributed by atoms with E-state index in [2.05, 4.69) is 9.97 Å². The third-order valence-corrected chi connectivity index (χ3v) is 4.73. The summed E-state index contributed by atoms with van der Waals surface area (Å²) < 4.78 is 45.2. The summed E-state index contributed by atoms with van der Waals surface area (Å²) in [6.07, 6.45) is -2.04. The molecule has 0 fully saturated rings. The van der Waals surface area contributed by atoms with Crippen molar-refractivity contribution >= 4 is 29.3 Å². The van der Waals surface area contributed by atoms with Crippen LogP contribution in [0.25, 0.3) is 0 Å². The molecule has 0 amide bonds. The maximum Gasteiger partial charge on any atom is 0.417 e. The molecule has 5 nitrogen and oxygen atoms in total. The van der Waals surface area contributed by atoms with Crippen LogP contribution < -0.4 is 0 Å². The molecule has 0 N–H and O–H groups in total. The van der Waals surface area contributed by atoms with Gasteiger partial charge in [0.05, 0.1) is 17.0 Å². The van der Waals surface area contributed by atoms with Crippen LogP contribution in [0.1, 0.15) is 38.4 Å². The Morgan fingerprint density at radius 1 is 1.26 bits per heavy atom. The summed E-state index contributed by atoms with van der Waals surface area (Å²) in [5.74, 6) is -0.350. The minimum Gasteiger partial charge on any atom is -0.460 e. The summed E-state index contributed by atoms with van der Waals surface area (Å²) >= 11 is 6.99. The van der Waals surface area contributed by atoms with Crippen LogP contribution in [-0.4, -0.2) is 26.1 Å². The third-order valence-electron chi connectivity index (χ3n) is 3.30. The monoisotopic (exact) mass is 421 g/mol. The number of aryl methyl sites for hydroxylation is 1. The number of ether oxygens (including phenoxy) is 1. The Bertz CT molecular complexity index is 832. The molecule has 148 valence electrons. The first kappa shape index (κ1) is 21.6. The van der Waals surface area contributed by atoms with Crippen molar-refractivity contribution in [3.8, 4) is 0 Å². The van der Waals surface area contributed by atoms with Gasteiger partial charge in [-0.05, 0) is 45.5 Å². The molecule has 0 aliphatic rings. The van der Waals surface area contributed by atoms with E-state index < -0.39 is 17.3 Å². The Balaban J connectivity index is 2.14. The molecule has 2 aromatic heterocycles. The van der Waals surface area contributed by atoms with E-state index in [1.807, 2.05) is 6.92 Å². The van der Waals surface area contributed by atoms with Crippen molar-refractivity contribution in [3.05, 3.63) is 34.7 Å². The smallest absolute Gasteiger partial charge is 0.417 e. The average molecular weight is 422 g/mol. The van der Waals surface area contributed by atoms with Crippen LogP contribution in [0.5, 0.6) is 0 Å². The fraction of sp³-hybridized carbons (Fsp3) is 0.471. The van der Waals surface area contributed by atoms with E-state index >= 15 is 0 Å². The van der Waals surface area contributed by atoms with Crippen molar-refractivity contribution in [2.75, 3.05) is 0 Å². The van der Waals surface area contributed by atoms with Crippen molar-refractivity contribution < 1.29 is 22.7 Å². The second-order valence-electron chi connectivity index (χ2n) is 6.78. The van der Waals surface area contributed by atoms with Gasteiger partial charge >= 0.3 is 12.1 Å². The van der Waals surface area contributed by atoms with E-state index in [0.29, 0.717) is 11.7 Å². The van der Waals surface area contributed by atoms with Gasteiger partial charge in [-0.25, -0.2) is 9.97 Å². The molecule has 0 saturated carbocycles.